The van der Waals surface area contributed by atoms with Crippen LogP contribution < -0.4 is 4.90 Å². The van der Waals surface area contributed by atoms with Crippen molar-refractivity contribution in [3.05, 3.63) is 35.9 Å². The van der Waals surface area contributed by atoms with Crippen LogP contribution in [-0.4, -0.2) is 45.5 Å². The first-order valence-corrected chi connectivity index (χ1v) is 8.80. The van der Waals surface area contributed by atoms with Gasteiger partial charge in [-0.05, 0) is 38.0 Å². The van der Waals surface area contributed by atoms with Gasteiger partial charge in [0.2, 0.25) is 0 Å². The summed E-state index contributed by atoms with van der Waals surface area (Å²) in [5.41, 5.74) is 3.01. The van der Waals surface area contributed by atoms with Gasteiger partial charge in [-0.2, -0.15) is 0 Å². The number of fused-ring (bicyclic) bond motifs is 1. The third kappa shape index (κ3) is 2.59. The van der Waals surface area contributed by atoms with Crippen molar-refractivity contribution in [2.75, 3.05) is 11.5 Å². The van der Waals surface area contributed by atoms with E-state index in [-0.39, 0.29) is 17.8 Å². The number of benzene rings is 1. The van der Waals surface area contributed by atoms with Crippen LogP contribution in [0.15, 0.2) is 35.9 Å². The summed E-state index contributed by atoms with van der Waals surface area (Å²) in [5, 5.41) is 10.6. The topological polar surface area (TPSA) is 87.7 Å². The fourth-order valence-corrected chi connectivity index (χ4v) is 3.84. The van der Waals surface area contributed by atoms with E-state index in [0.29, 0.717) is 17.9 Å². The number of imidazole rings is 1. The minimum absolute atomic E-state index is 0.00428. The van der Waals surface area contributed by atoms with Crippen LogP contribution in [0.5, 0.6) is 0 Å². The van der Waals surface area contributed by atoms with Crippen molar-refractivity contribution >= 4 is 22.6 Å². The summed E-state index contributed by atoms with van der Waals surface area (Å²) in [6.07, 6.45) is 1.26. The molecule has 1 aromatic carbocycles. The molecule has 4 rings (SSSR count). The Balaban J connectivity index is 1.79. The van der Waals surface area contributed by atoms with E-state index in [4.69, 9.17) is 9.47 Å². The largest absolute Gasteiger partial charge is 0.503 e. The number of aromatic nitrogens is 2. The second kappa shape index (κ2) is 5.82. The number of H-pyrrole nitrogens is 1. The molecule has 2 atom stereocenters. The van der Waals surface area contributed by atoms with Crippen LogP contribution in [0.2, 0.25) is 0 Å². The number of aliphatic hydroxyl groups is 1. The number of nitrogens with one attached hydrogen (secondary N) is 1. The molecule has 1 fully saturated rings. The number of carbonyl (C=O) groups is 1. The van der Waals surface area contributed by atoms with Crippen molar-refractivity contribution in [1.29, 1.82) is 0 Å². The maximum absolute atomic E-state index is 12.9. The van der Waals surface area contributed by atoms with E-state index >= 15 is 0 Å². The van der Waals surface area contributed by atoms with E-state index < -0.39 is 17.7 Å². The van der Waals surface area contributed by atoms with Crippen LogP contribution >= 0.6 is 0 Å². The monoisotopic (exact) mass is 357 g/mol. The number of hydrogen-bond acceptors (Lipinski definition) is 5. The predicted molar refractivity (Wildman–Crippen MR) is 96.8 cm³/mol. The number of hydrogen-bond donors (Lipinski definition) is 2. The SMILES string of the molecule is CC(C)C1=C(O)C(=O)N(c2ccc3[nH]cnc3c2)C1C1COC(C)(C)O1. The molecule has 1 aromatic heterocycles. The molecule has 2 aliphatic heterocycles. The van der Waals surface area contributed by atoms with Gasteiger partial charge in [-0.15, -0.1) is 0 Å². The normalized spacial score (nSPS) is 25.9. The Morgan fingerprint density at radius 3 is 2.81 bits per heavy atom. The van der Waals surface area contributed by atoms with Gasteiger partial charge in [0.1, 0.15) is 6.10 Å². The Morgan fingerprint density at radius 2 is 2.15 bits per heavy atom. The third-order valence-corrected chi connectivity index (χ3v) is 4.98. The van der Waals surface area contributed by atoms with Crippen LogP contribution in [0.3, 0.4) is 0 Å². The Hall–Kier alpha value is -2.38. The van der Waals surface area contributed by atoms with E-state index in [1.807, 2.05) is 45.9 Å². The smallest absolute Gasteiger partial charge is 0.293 e. The lowest BCUT2D eigenvalue weighted by atomic mass is 9.92. The van der Waals surface area contributed by atoms with Crippen molar-refractivity contribution in [1.82, 2.24) is 9.97 Å². The molecule has 0 bridgehead atoms. The van der Waals surface area contributed by atoms with Crippen molar-refractivity contribution in [3.63, 3.8) is 0 Å². The molecule has 3 heterocycles. The quantitative estimate of drug-likeness (QED) is 0.882. The van der Waals surface area contributed by atoms with Gasteiger partial charge in [0.05, 0.1) is 30.0 Å². The Kier molecular flexibility index (Phi) is 3.82. The first-order chi connectivity index (χ1) is 12.3. The summed E-state index contributed by atoms with van der Waals surface area (Å²) in [6, 6.07) is 5.15. The molecule has 26 heavy (non-hydrogen) atoms. The van der Waals surface area contributed by atoms with Gasteiger partial charge in [-0.3, -0.25) is 9.69 Å². The van der Waals surface area contributed by atoms with Crippen molar-refractivity contribution < 1.29 is 19.4 Å². The fraction of sp³-hybridized carbons (Fsp3) is 0.474. The zero-order valence-corrected chi connectivity index (χ0v) is 15.3. The lowest BCUT2D eigenvalue weighted by Crippen LogP contribution is -2.46. The summed E-state index contributed by atoms with van der Waals surface area (Å²) in [6.45, 7) is 7.99. The van der Waals surface area contributed by atoms with E-state index in [1.165, 1.54) is 0 Å². The molecule has 7 heteroatoms. The molecule has 0 spiro atoms. The summed E-state index contributed by atoms with van der Waals surface area (Å²) in [5.74, 6) is -1.33. The summed E-state index contributed by atoms with van der Waals surface area (Å²) in [7, 11) is 0. The molecule has 1 saturated heterocycles. The first-order valence-electron chi connectivity index (χ1n) is 8.80. The van der Waals surface area contributed by atoms with E-state index in [9.17, 15) is 9.90 Å². The molecule has 1 amide bonds. The molecule has 138 valence electrons. The molecular weight excluding hydrogens is 334 g/mol. The van der Waals surface area contributed by atoms with Gasteiger partial charge < -0.3 is 19.6 Å². The van der Waals surface area contributed by atoms with Gasteiger partial charge in [0, 0.05) is 11.3 Å². The van der Waals surface area contributed by atoms with Gasteiger partial charge in [0.25, 0.3) is 5.91 Å². The van der Waals surface area contributed by atoms with Crippen molar-refractivity contribution in [2.45, 2.75) is 45.6 Å². The highest BCUT2D eigenvalue weighted by Crippen LogP contribution is 2.40. The average molecular weight is 357 g/mol. The van der Waals surface area contributed by atoms with Crippen LogP contribution in [0.1, 0.15) is 27.7 Å². The number of carbonyl (C=O) groups excluding carboxylic acids is 1. The summed E-state index contributed by atoms with van der Waals surface area (Å²) >= 11 is 0. The molecular formula is C19H23N3O4. The van der Waals surface area contributed by atoms with Crippen LogP contribution in [0.25, 0.3) is 11.0 Å². The zero-order chi connectivity index (χ0) is 18.6. The van der Waals surface area contributed by atoms with Crippen LogP contribution in [0, 0.1) is 5.92 Å². The summed E-state index contributed by atoms with van der Waals surface area (Å²) in [4.78, 5) is 21.8. The molecule has 2 aromatic rings. The Labute approximate surface area is 151 Å². The number of ether oxygens (including phenoxy) is 2. The second-order valence-electron chi connectivity index (χ2n) is 7.55. The number of amides is 1. The molecule has 2 N–H and O–H groups in total. The highest BCUT2D eigenvalue weighted by molar-refractivity contribution is 6.09. The number of anilines is 1. The maximum Gasteiger partial charge on any atom is 0.293 e. The van der Waals surface area contributed by atoms with Gasteiger partial charge >= 0.3 is 0 Å². The minimum atomic E-state index is -0.716. The van der Waals surface area contributed by atoms with E-state index in [2.05, 4.69) is 9.97 Å². The van der Waals surface area contributed by atoms with E-state index in [1.54, 1.807) is 11.2 Å². The average Bonchev–Trinajstić information content (AvgIpc) is 3.24. The molecule has 0 aliphatic carbocycles. The first kappa shape index (κ1) is 17.1. The number of rotatable bonds is 3. The zero-order valence-electron chi connectivity index (χ0n) is 15.3. The molecule has 2 unspecified atom stereocenters. The highest BCUT2D eigenvalue weighted by atomic mass is 16.7. The maximum atomic E-state index is 12.9. The van der Waals surface area contributed by atoms with E-state index in [0.717, 1.165) is 11.0 Å². The van der Waals surface area contributed by atoms with Gasteiger partial charge in [0.15, 0.2) is 11.5 Å². The lowest BCUT2D eigenvalue weighted by Gasteiger charge is -2.32. The van der Waals surface area contributed by atoms with Crippen molar-refractivity contribution in [3.8, 4) is 0 Å². The van der Waals surface area contributed by atoms with Gasteiger partial charge in [-0.1, -0.05) is 13.8 Å². The lowest BCUT2D eigenvalue weighted by molar-refractivity contribution is -0.140. The Morgan fingerprint density at radius 1 is 1.38 bits per heavy atom. The number of nitrogens with zero attached hydrogens (tertiary/aromatic N) is 2. The second-order valence-corrected chi connectivity index (χ2v) is 7.55. The standard InChI is InChI=1S/C19H23N3O4/c1-10(2)15-16(14-8-25-19(3,4)26-14)22(18(24)17(15)23)11-5-6-12-13(7-11)21-9-20-12/h5-7,9-10,14,16,23H,8H2,1-4H3,(H,20,21). The summed E-state index contributed by atoms with van der Waals surface area (Å²) < 4.78 is 11.8. The van der Waals surface area contributed by atoms with Gasteiger partial charge in [-0.25, -0.2) is 4.98 Å². The fourth-order valence-electron chi connectivity index (χ4n) is 3.84. The van der Waals surface area contributed by atoms with Crippen LogP contribution in [-0.2, 0) is 14.3 Å². The molecule has 2 aliphatic rings. The minimum Gasteiger partial charge on any atom is -0.503 e. The molecule has 7 nitrogen and oxygen atoms in total. The molecule has 0 saturated carbocycles. The molecule has 0 radical (unpaired) electrons. The Bertz CT molecular complexity index is 899. The third-order valence-electron chi connectivity index (χ3n) is 4.98. The predicted octanol–water partition coefficient (Wildman–Crippen LogP) is 2.90. The number of aromatic amines is 1. The highest BCUT2D eigenvalue weighted by Gasteiger charge is 2.49. The number of aliphatic hydroxyl groups excluding tert-OH is 1. The van der Waals surface area contributed by atoms with Crippen LogP contribution in [0.4, 0.5) is 5.69 Å². The van der Waals surface area contributed by atoms with Crippen molar-refractivity contribution in [2.24, 2.45) is 5.92 Å².